The van der Waals surface area contributed by atoms with E-state index in [4.69, 9.17) is 0 Å². The van der Waals surface area contributed by atoms with Gasteiger partial charge in [0.25, 0.3) is 0 Å². The fraction of sp³-hybridized carbons (Fsp3) is 0.474. The molecule has 9 heteroatoms. The van der Waals surface area contributed by atoms with E-state index in [9.17, 15) is 9.18 Å². The summed E-state index contributed by atoms with van der Waals surface area (Å²) in [5, 5.41) is 10.7. The number of amides is 1. The van der Waals surface area contributed by atoms with Gasteiger partial charge in [0.05, 0.1) is 0 Å². The lowest BCUT2D eigenvalue weighted by Gasteiger charge is -2.36. The minimum Gasteiger partial charge on any atom is -0.353 e. The normalized spacial score (nSPS) is 15.4. The number of rotatable bonds is 7. The van der Waals surface area contributed by atoms with Gasteiger partial charge in [-0.1, -0.05) is 12.1 Å². The fourth-order valence-corrected chi connectivity index (χ4v) is 3.43. The van der Waals surface area contributed by atoms with Gasteiger partial charge in [0, 0.05) is 32.0 Å². The third-order valence-electron chi connectivity index (χ3n) is 4.94. The summed E-state index contributed by atoms with van der Waals surface area (Å²) < 4.78 is 14.8. The first-order valence-electron chi connectivity index (χ1n) is 9.02. The molecule has 0 aliphatic carbocycles. The summed E-state index contributed by atoms with van der Waals surface area (Å²) in [4.78, 5) is 15.0. The highest BCUT2D eigenvalue weighted by Crippen LogP contribution is 2.27. The lowest BCUT2D eigenvalue weighted by molar-refractivity contribution is -0.132. The molecule has 0 spiro atoms. The smallest absolute Gasteiger partial charge is 0.248 e. The Morgan fingerprint density at radius 2 is 1.96 bits per heavy atom. The number of hydrogen-bond acceptors (Lipinski definition) is 4. The molecule has 1 saturated heterocycles. The Bertz CT molecular complexity index is 706. The second kappa shape index (κ2) is 11.4. The molecule has 1 amide bonds. The van der Waals surface area contributed by atoms with Gasteiger partial charge in [-0.05, 0) is 56.7 Å². The minimum atomic E-state index is -0.607. The second-order valence-corrected chi connectivity index (χ2v) is 6.85. The predicted molar refractivity (Wildman–Crippen MR) is 113 cm³/mol. The van der Waals surface area contributed by atoms with Crippen LogP contribution in [0.2, 0.25) is 0 Å². The lowest BCUT2D eigenvalue weighted by atomic mass is 9.87. The van der Waals surface area contributed by atoms with Crippen LogP contribution in [0.25, 0.3) is 0 Å². The van der Waals surface area contributed by atoms with Crippen molar-refractivity contribution in [3.05, 3.63) is 54.1 Å². The standard InChI is InChI=1S/C19H26FN5O.2ClH/c1-24(15-16-3-5-17(20)6-4-16)14-12-22-18(26)19(7-10-21-11-8-19)25-13-2-9-23-25;;/h2-6,9,13,21H,7-8,10-12,14-15H2,1H3,(H,22,26);2*1H. The van der Waals surface area contributed by atoms with Gasteiger partial charge in [0.15, 0.2) is 0 Å². The van der Waals surface area contributed by atoms with Crippen LogP contribution in [0.4, 0.5) is 4.39 Å². The maximum Gasteiger partial charge on any atom is 0.248 e. The summed E-state index contributed by atoms with van der Waals surface area (Å²) in [5.41, 5.74) is 0.441. The molecule has 0 unspecified atom stereocenters. The van der Waals surface area contributed by atoms with Gasteiger partial charge in [0.1, 0.15) is 11.4 Å². The summed E-state index contributed by atoms with van der Waals surface area (Å²) in [6.45, 7) is 3.60. The average molecular weight is 432 g/mol. The van der Waals surface area contributed by atoms with Gasteiger partial charge < -0.3 is 15.5 Å². The van der Waals surface area contributed by atoms with Crippen LogP contribution in [-0.4, -0.2) is 53.8 Å². The predicted octanol–water partition coefficient (Wildman–Crippen LogP) is 2.19. The molecule has 28 heavy (non-hydrogen) atoms. The van der Waals surface area contributed by atoms with E-state index in [1.165, 1.54) is 12.1 Å². The van der Waals surface area contributed by atoms with E-state index in [1.54, 1.807) is 23.0 Å². The molecular weight excluding hydrogens is 404 g/mol. The molecule has 156 valence electrons. The zero-order chi connectivity index (χ0) is 18.4. The highest BCUT2D eigenvalue weighted by Gasteiger charge is 2.41. The fourth-order valence-electron chi connectivity index (χ4n) is 3.43. The van der Waals surface area contributed by atoms with Gasteiger partial charge in [0.2, 0.25) is 5.91 Å². The molecule has 0 saturated carbocycles. The van der Waals surface area contributed by atoms with Crippen LogP contribution in [0, 0.1) is 5.82 Å². The van der Waals surface area contributed by atoms with Crippen LogP contribution in [0.5, 0.6) is 0 Å². The molecule has 0 bridgehead atoms. The molecule has 1 aromatic heterocycles. The third kappa shape index (κ3) is 5.91. The number of nitrogens with one attached hydrogen (secondary N) is 2. The first-order valence-corrected chi connectivity index (χ1v) is 9.02. The summed E-state index contributed by atoms with van der Waals surface area (Å²) in [6.07, 6.45) is 5.04. The quantitative estimate of drug-likeness (QED) is 0.705. The summed E-state index contributed by atoms with van der Waals surface area (Å²) >= 11 is 0. The molecule has 0 atom stereocenters. The van der Waals surface area contributed by atoms with Crippen LogP contribution < -0.4 is 10.6 Å². The van der Waals surface area contributed by atoms with E-state index >= 15 is 0 Å². The summed E-state index contributed by atoms with van der Waals surface area (Å²) in [5.74, 6) is -0.201. The van der Waals surface area contributed by atoms with Crippen LogP contribution in [0.15, 0.2) is 42.7 Å². The van der Waals surface area contributed by atoms with Crippen molar-refractivity contribution in [2.75, 3.05) is 33.2 Å². The van der Waals surface area contributed by atoms with E-state index in [2.05, 4.69) is 20.6 Å². The van der Waals surface area contributed by atoms with Crippen LogP contribution in [0.1, 0.15) is 18.4 Å². The molecule has 1 aliphatic heterocycles. The Kier molecular flexibility index (Phi) is 9.89. The first kappa shape index (κ1) is 24.4. The Balaban J connectivity index is 0.00000196. The number of carbonyl (C=O) groups is 1. The largest absolute Gasteiger partial charge is 0.353 e. The van der Waals surface area contributed by atoms with Crippen molar-refractivity contribution < 1.29 is 9.18 Å². The van der Waals surface area contributed by atoms with Crippen molar-refractivity contribution >= 4 is 30.7 Å². The van der Waals surface area contributed by atoms with Crippen molar-refractivity contribution in [3.8, 4) is 0 Å². The van der Waals surface area contributed by atoms with Crippen molar-refractivity contribution in [2.45, 2.75) is 24.9 Å². The van der Waals surface area contributed by atoms with Crippen molar-refractivity contribution in [3.63, 3.8) is 0 Å². The van der Waals surface area contributed by atoms with Gasteiger partial charge in [-0.15, -0.1) is 24.8 Å². The molecule has 1 aliphatic rings. The second-order valence-electron chi connectivity index (χ2n) is 6.85. The average Bonchev–Trinajstić information content (AvgIpc) is 3.19. The number of benzene rings is 1. The lowest BCUT2D eigenvalue weighted by Crippen LogP contribution is -2.55. The molecule has 1 fully saturated rings. The number of nitrogens with zero attached hydrogens (tertiary/aromatic N) is 3. The molecular formula is C19H28Cl2FN5O. The molecule has 0 radical (unpaired) electrons. The molecule has 2 aromatic rings. The molecule has 1 aromatic carbocycles. The Labute approximate surface area is 177 Å². The molecule has 2 heterocycles. The third-order valence-corrected chi connectivity index (χ3v) is 4.94. The molecule has 2 N–H and O–H groups in total. The summed E-state index contributed by atoms with van der Waals surface area (Å²) in [6, 6.07) is 8.36. The number of halogens is 3. The van der Waals surface area contributed by atoms with Crippen LogP contribution in [-0.2, 0) is 16.9 Å². The van der Waals surface area contributed by atoms with Crippen molar-refractivity contribution in [1.29, 1.82) is 0 Å². The Morgan fingerprint density at radius 1 is 1.29 bits per heavy atom. The Morgan fingerprint density at radius 3 is 2.57 bits per heavy atom. The van der Waals surface area contributed by atoms with E-state index in [1.807, 2.05) is 19.3 Å². The minimum absolute atomic E-state index is 0. The maximum atomic E-state index is 13.0. The maximum absolute atomic E-state index is 13.0. The van der Waals surface area contributed by atoms with E-state index in [0.717, 1.165) is 38.0 Å². The van der Waals surface area contributed by atoms with E-state index in [0.29, 0.717) is 13.1 Å². The van der Waals surface area contributed by atoms with Gasteiger partial charge in [-0.3, -0.25) is 9.48 Å². The number of aromatic nitrogens is 2. The highest BCUT2D eigenvalue weighted by atomic mass is 35.5. The first-order chi connectivity index (χ1) is 12.6. The van der Waals surface area contributed by atoms with Gasteiger partial charge in [-0.2, -0.15) is 5.10 Å². The molecule has 6 nitrogen and oxygen atoms in total. The van der Waals surface area contributed by atoms with Gasteiger partial charge in [-0.25, -0.2) is 4.39 Å². The highest BCUT2D eigenvalue weighted by molar-refractivity contribution is 5.85. The zero-order valence-electron chi connectivity index (χ0n) is 15.9. The SMILES string of the molecule is CN(CCNC(=O)C1(n2cccn2)CCNCC1)Cc1ccc(F)cc1.Cl.Cl. The van der Waals surface area contributed by atoms with Crippen LogP contribution >= 0.6 is 24.8 Å². The molecule has 3 rings (SSSR count). The number of piperidine rings is 1. The zero-order valence-corrected chi connectivity index (χ0v) is 17.6. The van der Waals surface area contributed by atoms with Crippen molar-refractivity contribution in [1.82, 2.24) is 25.3 Å². The monoisotopic (exact) mass is 431 g/mol. The number of carbonyl (C=O) groups excluding carboxylic acids is 1. The summed E-state index contributed by atoms with van der Waals surface area (Å²) in [7, 11) is 1.99. The van der Waals surface area contributed by atoms with E-state index in [-0.39, 0.29) is 36.5 Å². The van der Waals surface area contributed by atoms with E-state index < -0.39 is 5.54 Å². The van der Waals surface area contributed by atoms with Crippen LogP contribution in [0.3, 0.4) is 0 Å². The number of likely N-dealkylation sites (N-methyl/N-ethyl adjacent to an activating group) is 1. The van der Waals surface area contributed by atoms with Gasteiger partial charge >= 0.3 is 0 Å². The Hall–Kier alpha value is -1.67. The number of hydrogen-bond donors (Lipinski definition) is 2. The van der Waals surface area contributed by atoms with Crippen molar-refractivity contribution in [2.24, 2.45) is 0 Å². The topological polar surface area (TPSA) is 62.2 Å².